The van der Waals surface area contributed by atoms with E-state index in [0.717, 1.165) is 12.3 Å². The average Bonchev–Trinajstić information content (AvgIpc) is 2.17. The number of hydrogen-bond acceptors (Lipinski definition) is 2. The summed E-state index contributed by atoms with van der Waals surface area (Å²) in [6, 6.07) is 0.970. The van der Waals surface area contributed by atoms with Crippen LogP contribution in [-0.4, -0.2) is 28.5 Å². The van der Waals surface area contributed by atoms with Crippen LogP contribution in [0.15, 0.2) is 0 Å². The van der Waals surface area contributed by atoms with Crippen molar-refractivity contribution in [2.45, 2.75) is 32.4 Å². The van der Waals surface area contributed by atoms with E-state index in [-0.39, 0.29) is 6.61 Å². The van der Waals surface area contributed by atoms with Gasteiger partial charge in [-0.05, 0) is 19.3 Å². The van der Waals surface area contributed by atoms with E-state index >= 15 is 0 Å². The molecule has 1 rings (SSSR count). The first-order valence-corrected chi connectivity index (χ1v) is 4.32. The summed E-state index contributed by atoms with van der Waals surface area (Å²) in [6.07, 6.45) is 1.13. The molecule has 1 N–H and O–H groups in total. The van der Waals surface area contributed by atoms with Gasteiger partial charge in [0.1, 0.15) is 0 Å². The molecule has 1 saturated heterocycles. The van der Waals surface area contributed by atoms with Crippen LogP contribution in [0.2, 0.25) is 0 Å². The predicted octanol–water partition coefficient (Wildman–Crippen LogP) is 0.868. The van der Waals surface area contributed by atoms with Crippen molar-refractivity contribution in [3.8, 4) is 0 Å². The number of rotatable bonds is 1. The molecule has 10 heavy (non-hydrogen) atoms. The normalized spacial score (nSPS) is 42.6. The molecule has 1 heterocycles. The van der Waals surface area contributed by atoms with Crippen molar-refractivity contribution < 1.29 is 5.11 Å². The van der Waals surface area contributed by atoms with Crippen molar-refractivity contribution in [1.29, 1.82) is 0 Å². The van der Waals surface area contributed by atoms with Gasteiger partial charge in [0, 0.05) is 12.1 Å². The average molecular weight is 161 g/mol. The molecular weight excluding hydrogens is 145 g/mol. The molecule has 1 aliphatic heterocycles. The first-order valence-electron chi connectivity index (χ1n) is 3.80. The van der Waals surface area contributed by atoms with Crippen LogP contribution < -0.4 is 0 Å². The zero-order valence-corrected chi connectivity index (χ0v) is 7.77. The molecule has 3 heteroatoms. The smallest absolute Gasteiger partial charge is 0.0590 e. The molecule has 0 aromatic heterocycles. The largest absolute Gasteiger partial charge is 0.395 e. The van der Waals surface area contributed by atoms with Crippen molar-refractivity contribution in [3.05, 3.63) is 0 Å². The lowest BCUT2D eigenvalue weighted by Crippen LogP contribution is -2.28. The quantitative estimate of drug-likeness (QED) is 0.577. The summed E-state index contributed by atoms with van der Waals surface area (Å²) < 4.78 is 2.19. The van der Waals surface area contributed by atoms with Gasteiger partial charge in [-0.3, -0.25) is 4.67 Å². The Bertz CT molecular complexity index is 120. The van der Waals surface area contributed by atoms with E-state index in [0.29, 0.717) is 12.1 Å². The molecule has 0 amide bonds. The minimum Gasteiger partial charge on any atom is -0.395 e. The summed E-state index contributed by atoms with van der Waals surface area (Å²) in [5.74, 6) is 0.717. The Hall–Kier alpha value is 0.350. The molecule has 0 radical (unpaired) electrons. The third kappa shape index (κ3) is 1.34. The molecular formula is C7H16NOP. The summed E-state index contributed by atoms with van der Waals surface area (Å²) >= 11 is 0. The summed E-state index contributed by atoms with van der Waals surface area (Å²) in [7, 11) is 2.69. The fraction of sp³-hybridized carbons (Fsp3) is 1.00. The highest BCUT2D eigenvalue weighted by Crippen LogP contribution is 2.31. The Labute approximate surface area is 64.9 Å². The molecule has 0 saturated carbocycles. The van der Waals surface area contributed by atoms with E-state index in [4.69, 9.17) is 5.11 Å². The third-order valence-corrected chi connectivity index (χ3v) is 3.46. The molecule has 0 aromatic carbocycles. The second kappa shape index (κ2) is 3.17. The van der Waals surface area contributed by atoms with Gasteiger partial charge in [-0.1, -0.05) is 16.3 Å². The fourth-order valence-electron chi connectivity index (χ4n) is 1.54. The van der Waals surface area contributed by atoms with E-state index < -0.39 is 0 Å². The highest BCUT2D eigenvalue weighted by molar-refractivity contribution is 7.13. The van der Waals surface area contributed by atoms with Crippen molar-refractivity contribution in [1.82, 2.24) is 4.67 Å². The van der Waals surface area contributed by atoms with Gasteiger partial charge in [0.25, 0.3) is 0 Å². The highest BCUT2D eigenvalue weighted by atomic mass is 31.0. The monoisotopic (exact) mass is 161 g/mol. The summed E-state index contributed by atoms with van der Waals surface area (Å²) in [5, 5.41) is 8.92. The van der Waals surface area contributed by atoms with Gasteiger partial charge >= 0.3 is 0 Å². The molecule has 2 nitrogen and oxygen atoms in total. The second-order valence-corrected chi connectivity index (χ2v) is 3.83. The van der Waals surface area contributed by atoms with Crippen molar-refractivity contribution in [3.63, 3.8) is 0 Å². The first-order chi connectivity index (χ1) is 4.66. The fourth-order valence-corrected chi connectivity index (χ4v) is 2.05. The van der Waals surface area contributed by atoms with Crippen LogP contribution in [0.1, 0.15) is 20.3 Å². The standard InChI is InChI=1S/C7H16NOP/c1-5-3-7(4-9)8(10)6(5)2/h5-7,9H,3-4,10H2,1-2H3/t5-,6+,7?/m0/s1. The van der Waals surface area contributed by atoms with Crippen LogP contribution in [0, 0.1) is 5.92 Å². The lowest BCUT2D eigenvalue weighted by atomic mass is 10.0. The number of aliphatic hydroxyl groups excluding tert-OH is 1. The number of nitrogens with zero attached hydrogens (tertiary/aromatic N) is 1. The van der Waals surface area contributed by atoms with Gasteiger partial charge in [-0.25, -0.2) is 0 Å². The van der Waals surface area contributed by atoms with Crippen LogP contribution in [0.4, 0.5) is 0 Å². The molecule has 4 atom stereocenters. The van der Waals surface area contributed by atoms with Gasteiger partial charge in [0.05, 0.1) is 6.61 Å². The van der Waals surface area contributed by atoms with Gasteiger partial charge < -0.3 is 5.11 Å². The van der Waals surface area contributed by atoms with Crippen LogP contribution in [0.25, 0.3) is 0 Å². The van der Waals surface area contributed by atoms with Crippen molar-refractivity contribution in [2.24, 2.45) is 5.92 Å². The maximum Gasteiger partial charge on any atom is 0.0590 e. The third-order valence-electron chi connectivity index (χ3n) is 2.57. The van der Waals surface area contributed by atoms with Gasteiger partial charge in [-0.2, -0.15) is 0 Å². The molecule has 0 spiro atoms. The molecule has 60 valence electrons. The SMILES string of the molecule is C[C@@H]1[C@@H](C)CC(CO)N1P. The van der Waals surface area contributed by atoms with Crippen LogP contribution >= 0.6 is 9.39 Å². The van der Waals surface area contributed by atoms with E-state index in [2.05, 4.69) is 27.9 Å². The minimum absolute atomic E-state index is 0.290. The highest BCUT2D eigenvalue weighted by Gasteiger charge is 2.32. The Morgan fingerprint density at radius 3 is 2.40 bits per heavy atom. The van der Waals surface area contributed by atoms with Crippen molar-refractivity contribution in [2.75, 3.05) is 6.61 Å². The van der Waals surface area contributed by atoms with Gasteiger partial charge in [0.2, 0.25) is 0 Å². The Morgan fingerprint density at radius 2 is 2.20 bits per heavy atom. The maximum absolute atomic E-state index is 8.92. The zero-order chi connectivity index (χ0) is 7.72. The van der Waals surface area contributed by atoms with Crippen LogP contribution in [-0.2, 0) is 0 Å². The topological polar surface area (TPSA) is 23.5 Å². The molecule has 1 fully saturated rings. The van der Waals surface area contributed by atoms with Crippen LogP contribution in [0.3, 0.4) is 0 Å². The van der Waals surface area contributed by atoms with E-state index in [1.54, 1.807) is 0 Å². The Morgan fingerprint density at radius 1 is 1.60 bits per heavy atom. The van der Waals surface area contributed by atoms with Gasteiger partial charge in [-0.15, -0.1) is 0 Å². The summed E-state index contributed by atoms with van der Waals surface area (Å²) in [6.45, 7) is 4.73. The number of hydrogen-bond donors (Lipinski definition) is 1. The van der Waals surface area contributed by atoms with E-state index in [1.165, 1.54) is 0 Å². The molecule has 0 aromatic rings. The van der Waals surface area contributed by atoms with Gasteiger partial charge in [0.15, 0.2) is 0 Å². The van der Waals surface area contributed by atoms with E-state index in [9.17, 15) is 0 Å². The van der Waals surface area contributed by atoms with Crippen molar-refractivity contribution >= 4 is 9.39 Å². The predicted molar refractivity (Wildman–Crippen MR) is 45.7 cm³/mol. The second-order valence-electron chi connectivity index (χ2n) is 3.24. The summed E-state index contributed by atoms with van der Waals surface area (Å²) in [5.41, 5.74) is 0. The molecule has 0 aliphatic carbocycles. The maximum atomic E-state index is 8.92. The van der Waals surface area contributed by atoms with E-state index in [1.807, 2.05) is 0 Å². The first kappa shape index (κ1) is 8.45. The molecule has 1 aliphatic rings. The number of aliphatic hydroxyl groups is 1. The lowest BCUT2D eigenvalue weighted by Gasteiger charge is -2.21. The molecule has 0 bridgehead atoms. The minimum atomic E-state index is 0.290. The lowest BCUT2D eigenvalue weighted by molar-refractivity contribution is 0.209. The Kier molecular flexibility index (Phi) is 2.67. The summed E-state index contributed by atoms with van der Waals surface area (Å²) in [4.78, 5) is 0. The Balaban J connectivity index is 2.53. The zero-order valence-electron chi connectivity index (χ0n) is 6.62. The molecule has 2 unspecified atom stereocenters. The van der Waals surface area contributed by atoms with Crippen LogP contribution in [0.5, 0.6) is 0 Å².